The van der Waals surface area contributed by atoms with Crippen LogP contribution in [0, 0.1) is 11.6 Å². The summed E-state index contributed by atoms with van der Waals surface area (Å²) < 4.78 is 30.7. The summed E-state index contributed by atoms with van der Waals surface area (Å²) in [5.74, 6) is -1.66. The van der Waals surface area contributed by atoms with E-state index in [-0.39, 0.29) is 18.0 Å². The smallest absolute Gasteiger partial charge is 0.162 e. The summed E-state index contributed by atoms with van der Waals surface area (Å²) in [6, 6.07) is 3.76. The number of benzene rings is 1. The Morgan fingerprint density at radius 1 is 1.43 bits per heavy atom. The highest BCUT2D eigenvalue weighted by atomic mass is 19.2. The monoisotopic (exact) mass is 201 g/mol. The van der Waals surface area contributed by atoms with E-state index in [1.807, 2.05) is 0 Å². The molecule has 0 aliphatic carbocycles. The fraction of sp³-hybridized carbons (Fsp3) is 0.400. The number of methoxy groups -OCH3 is 1. The van der Waals surface area contributed by atoms with Gasteiger partial charge in [-0.15, -0.1) is 0 Å². The van der Waals surface area contributed by atoms with E-state index in [2.05, 4.69) is 0 Å². The Bertz CT molecular complexity index is 304. The zero-order valence-electron chi connectivity index (χ0n) is 7.97. The molecule has 2 N–H and O–H groups in total. The largest absolute Gasteiger partial charge is 0.383 e. The minimum Gasteiger partial charge on any atom is -0.383 e. The van der Waals surface area contributed by atoms with Crippen molar-refractivity contribution in [1.29, 1.82) is 0 Å². The van der Waals surface area contributed by atoms with Crippen LogP contribution in [0.3, 0.4) is 0 Å². The molecular weight excluding hydrogens is 188 g/mol. The Hall–Kier alpha value is -1.00. The van der Waals surface area contributed by atoms with Gasteiger partial charge >= 0.3 is 0 Å². The van der Waals surface area contributed by atoms with Crippen molar-refractivity contribution in [2.45, 2.75) is 12.5 Å². The van der Waals surface area contributed by atoms with Crippen molar-refractivity contribution in [3.8, 4) is 0 Å². The minimum absolute atomic E-state index is 0.275. The molecule has 14 heavy (non-hydrogen) atoms. The van der Waals surface area contributed by atoms with Crippen LogP contribution in [0.2, 0.25) is 0 Å². The van der Waals surface area contributed by atoms with E-state index < -0.39 is 11.6 Å². The molecule has 1 atom stereocenters. The first-order chi connectivity index (χ1) is 6.65. The molecule has 0 heterocycles. The molecule has 0 fully saturated rings. The summed E-state index contributed by atoms with van der Waals surface area (Å²) in [7, 11) is 1.52. The van der Waals surface area contributed by atoms with Gasteiger partial charge in [-0.25, -0.2) is 8.78 Å². The van der Waals surface area contributed by atoms with Crippen molar-refractivity contribution < 1.29 is 13.5 Å². The third-order valence-corrected chi connectivity index (χ3v) is 1.89. The summed E-state index contributed by atoms with van der Waals surface area (Å²) in [6.45, 7) is 0.329. The Kier molecular flexibility index (Phi) is 3.98. The molecular formula is C10H13F2NO. The lowest BCUT2D eigenvalue weighted by Gasteiger charge is -2.10. The molecule has 1 unspecified atom stereocenters. The van der Waals surface area contributed by atoms with Crippen LogP contribution < -0.4 is 5.73 Å². The van der Waals surface area contributed by atoms with E-state index in [4.69, 9.17) is 10.5 Å². The van der Waals surface area contributed by atoms with Crippen LogP contribution in [-0.4, -0.2) is 19.8 Å². The number of hydrogen-bond donors (Lipinski definition) is 1. The van der Waals surface area contributed by atoms with Gasteiger partial charge in [0, 0.05) is 13.2 Å². The van der Waals surface area contributed by atoms with Gasteiger partial charge in [-0.1, -0.05) is 12.1 Å². The lowest BCUT2D eigenvalue weighted by atomic mass is 10.1. The summed E-state index contributed by atoms with van der Waals surface area (Å²) in [6.07, 6.45) is 0.275. The summed E-state index contributed by atoms with van der Waals surface area (Å²) in [5.41, 5.74) is 5.91. The van der Waals surface area contributed by atoms with Crippen molar-refractivity contribution in [1.82, 2.24) is 0 Å². The average molecular weight is 201 g/mol. The normalized spacial score (nSPS) is 12.9. The van der Waals surface area contributed by atoms with Gasteiger partial charge < -0.3 is 10.5 Å². The predicted molar refractivity (Wildman–Crippen MR) is 49.9 cm³/mol. The van der Waals surface area contributed by atoms with Crippen molar-refractivity contribution in [2.75, 3.05) is 13.7 Å². The van der Waals surface area contributed by atoms with E-state index in [9.17, 15) is 8.78 Å². The molecule has 2 nitrogen and oxygen atoms in total. The predicted octanol–water partition coefficient (Wildman–Crippen LogP) is 1.48. The second-order valence-corrected chi connectivity index (χ2v) is 3.13. The second kappa shape index (κ2) is 5.02. The zero-order valence-corrected chi connectivity index (χ0v) is 7.97. The molecule has 1 aromatic carbocycles. The van der Waals surface area contributed by atoms with Crippen LogP contribution in [0.25, 0.3) is 0 Å². The van der Waals surface area contributed by atoms with E-state index in [0.29, 0.717) is 6.61 Å². The lowest BCUT2D eigenvalue weighted by Crippen LogP contribution is -2.28. The molecule has 0 aromatic heterocycles. The van der Waals surface area contributed by atoms with Crippen molar-refractivity contribution in [3.05, 3.63) is 35.4 Å². The Balaban J connectivity index is 2.71. The zero-order chi connectivity index (χ0) is 10.6. The second-order valence-electron chi connectivity index (χ2n) is 3.13. The molecule has 1 aromatic rings. The van der Waals surface area contributed by atoms with Crippen LogP contribution in [0.4, 0.5) is 8.78 Å². The van der Waals surface area contributed by atoms with Crippen LogP contribution in [0.15, 0.2) is 18.2 Å². The maximum atomic E-state index is 13.1. The molecule has 0 saturated heterocycles. The fourth-order valence-corrected chi connectivity index (χ4v) is 1.26. The molecule has 78 valence electrons. The highest BCUT2D eigenvalue weighted by Gasteiger charge is 2.10. The SMILES string of the molecule is COCC(N)Cc1cccc(F)c1F. The lowest BCUT2D eigenvalue weighted by molar-refractivity contribution is 0.179. The molecule has 4 heteroatoms. The van der Waals surface area contributed by atoms with E-state index in [0.717, 1.165) is 6.07 Å². The Morgan fingerprint density at radius 2 is 2.14 bits per heavy atom. The van der Waals surface area contributed by atoms with Gasteiger partial charge in [0.05, 0.1) is 6.61 Å². The quantitative estimate of drug-likeness (QED) is 0.800. The molecule has 0 spiro atoms. The van der Waals surface area contributed by atoms with Gasteiger partial charge in [0.2, 0.25) is 0 Å². The average Bonchev–Trinajstić information content (AvgIpc) is 2.13. The highest BCUT2D eigenvalue weighted by molar-refractivity contribution is 5.19. The number of rotatable bonds is 4. The molecule has 0 amide bonds. The molecule has 0 aliphatic heterocycles. The van der Waals surface area contributed by atoms with Gasteiger partial charge in [-0.3, -0.25) is 0 Å². The Labute approximate surface area is 81.7 Å². The maximum absolute atomic E-state index is 13.1. The van der Waals surface area contributed by atoms with Crippen molar-refractivity contribution in [3.63, 3.8) is 0 Å². The first kappa shape index (κ1) is 11.1. The van der Waals surface area contributed by atoms with Crippen LogP contribution in [0.1, 0.15) is 5.56 Å². The van der Waals surface area contributed by atoms with Crippen molar-refractivity contribution in [2.24, 2.45) is 5.73 Å². The molecule has 0 bridgehead atoms. The van der Waals surface area contributed by atoms with Gasteiger partial charge in [0.25, 0.3) is 0 Å². The van der Waals surface area contributed by atoms with Gasteiger partial charge in [-0.2, -0.15) is 0 Å². The third-order valence-electron chi connectivity index (χ3n) is 1.89. The van der Waals surface area contributed by atoms with E-state index >= 15 is 0 Å². The summed E-state index contributed by atoms with van der Waals surface area (Å²) >= 11 is 0. The highest BCUT2D eigenvalue weighted by Crippen LogP contribution is 2.12. The molecule has 0 radical (unpaired) electrons. The first-order valence-corrected chi connectivity index (χ1v) is 4.32. The number of nitrogens with two attached hydrogens (primary N) is 1. The Morgan fingerprint density at radius 3 is 2.79 bits per heavy atom. The summed E-state index contributed by atoms with van der Waals surface area (Å²) in [5, 5.41) is 0. The van der Waals surface area contributed by atoms with Crippen LogP contribution >= 0.6 is 0 Å². The first-order valence-electron chi connectivity index (χ1n) is 4.32. The van der Waals surface area contributed by atoms with Crippen LogP contribution in [0.5, 0.6) is 0 Å². The van der Waals surface area contributed by atoms with Gasteiger partial charge in [0.1, 0.15) is 0 Å². The van der Waals surface area contributed by atoms with Crippen molar-refractivity contribution >= 4 is 0 Å². The summed E-state index contributed by atoms with van der Waals surface area (Å²) in [4.78, 5) is 0. The topological polar surface area (TPSA) is 35.2 Å². The fourth-order valence-electron chi connectivity index (χ4n) is 1.26. The maximum Gasteiger partial charge on any atom is 0.162 e. The molecule has 0 aliphatic rings. The van der Waals surface area contributed by atoms with E-state index in [1.54, 1.807) is 0 Å². The number of ether oxygens (including phenoxy) is 1. The van der Waals surface area contributed by atoms with Gasteiger partial charge in [0.15, 0.2) is 11.6 Å². The number of hydrogen-bond acceptors (Lipinski definition) is 2. The van der Waals surface area contributed by atoms with Crippen LogP contribution in [-0.2, 0) is 11.2 Å². The number of halogens is 2. The molecule has 0 saturated carbocycles. The standard InChI is InChI=1S/C10H13F2NO/c1-14-6-8(13)5-7-3-2-4-9(11)10(7)12/h2-4,8H,5-6,13H2,1H3. The van der Waals surface area contributed by atoms with Gasteiger partial charge in [-0.05, 0) is 18.1 Å². The molecule has 1 rings (SSSR count). The third kappa shape index (κ3) is 2.75. The minimum atomic E-state index is -0.841. The van der Waals surface area contributed by atoms with E-state index in [1.165, 1.54) is 19.2 Å².